The molecule has 21 heavy (non-hydrogen) atoms. The molecule has 1 heterocycles. The van der Waals surface area contributed by atoms with Crippen molar-refractivity contribution >= 4 is 15.9 Å². The smallest absolute Gasteiger partial charge is 0.263 e. The molecule has 1 atom stereocenters. The van der Waals surface area contributed by atoms with Gasteiger partial charge < -0.3 is 14.4 Å². The summed E-state index contributed by atoms with van der Waals surface area (Å²) in [7, 11) is -3.73. The Hall–Kier alpha value is -1.64. The third-order valence-corrected chi connectivity index (χ3v) is 4.06. The summed E-state index contributed by atoms with van der Waals surface area (Å²) in [5, 5.41) is 5.01. The Morgan fingerprint density at radius 3 is 2.38 bits per heavy atom. The number of nitrogens with zero attached hydrogens (tertiary/aromatic N) is 1. The van der Waals surface area contributed by atoms with E-state index in [-0.39, 0.29) is 10.8 Å². The highest BCUT2D eigenvalue weighted by molar-refractivity contribution is 7.89. The summed E-state index contributed by atoms with van der Waals surface area (Å²) in [5.41, 5.74) is 0. The number of hydrogen-bond donors (Lipinski definition) is 1. The van der Waals surface area contributed by atoms with Crippen molar-refractivity contribution in [2.45, 2.75) is 17.9 Å². The van der Waals surface area contributed by atoms with Crippen LogP contribution in [0.3, 0.4) is 0 Å². The Morgan fingerprint density at radius 2 is 1.86 bits per heavy atom. The van der Waals surface area contributed by atoms with Crippen LogP contribution in [0.15, 0.2) is 29.2 Å². The van der Waals surface area contributed by atoms with Crippen molar-refractivity contribution in [3.63, 3.8) is 0 Å². The monoisotopic (exact) mass is 314 g/mol. The van der Waals surface area contributed by atoms with Gasteiger partial charge in [-0.15, -0.1) is 0 Å². The van der Waals surface area contributed by atoms with Gasteiger partial charge >= 0.3 is 0 Å². The van der Waals surface area contributed by atoms with Crippen molar-refractivity contribution < 1.29 is 22.7 Å². The molecule has 1 aliphatic rings. The van der Waals surface area contributed by atoms with E-state index in [0.717, 1.165) is 0 Å². The maximum absolute atomic E-state index is 12.2. The molecule has 116 valence electrons. The molecule has 1 amide bonds. The summed E-state index contributed by atoms with van der Waals surface area (Å²) in [6, 6.07) is 5.64. The van der Waals surface area contributed by atoms with Gasteiger partial charge in [-0.25, -0.2) is 13.6 Å². The van der Waals surface area contributed by atoms with Gasteiger partial charge in [-0.2, -0.15) is 0 Å². The van der Waals surface area contributed by atoms with Crippen LogP contribution in [0, 0.1) is 0 Å². The van der Waals surface area contributed by atoms with Crippen molar-refractivity contribution in [2.75, 3.05) is 26.3 Å². The highest BCUT2D eigenvalue weighted by Gasteiger charge is 2.23. The SMILES string of the molecule is CC(Oc1ccc(S(N)(=O)=O)cc1)C(=O)N1CCOCC1. The largest absolute Gasteiger partial charge is 0.481 e. The van der Waals surface area contributed by atoms with E-state index in [4.69, 9.17) is 14.6 Å². The summed E-state index contributed by atoms with van der Waals surface area (Å²) in [4.78, 5) is 13.8. The fourth-order valence-electron chi connectivity index (χ4n) is 2.00. The predicted molar refractivity (Wildman–Crippen MR) is 75.3 cm³/mol. The second-order valence-electron chi connectivity index (χ2n) is 4.71. The molecule has 1 aliphatic heterocycles. The van der Waals surface area contributed by atoms with Crippen LogP contribution in [0.1, 0.15) is 6.92 Å². The van der Waals surface area contributed by atoms with Crippen LogP contribution in [0.4, 0.5) is 0 Å². The van der Waals surface area contributed by atoms with Crippen LogP contribution in [0.2, 0.25) is 0 Å². The molecule has 8 heteroatoms. The first-order valence-electron chi connectivity index (χ1n) is 6.54. The number of nitrogens with two attached hydrogens (primary N) is 1. The lowest BCUT2D eigenvalue weighted by atomic mass is 10.3. The van der Waals surface area contributed by atoms with Crippen molar-refractivity contribution in [1.82, 2.24) is 4.90 Å². The first kappa shape index (κ1) is 15.7. The second-order valence-corrected chi connectivity index (χ2v) is 6.28. The van der Waals surface area contributed by atoms with Gasteiger partial charge in [0, 0.05) is 13.1 Å². The minimum atomic E-state index is -3.73. The standard InChI is InChI=1S/C13H18N2O5S/c1-10(13(16)15-6-8-19-9-7-15)20-11-2-4-12(5-3-11)21(14,17)18/h2-5,10H,6-9H2,1H3,(H2,14,17,18). The summed E-state index contributed by atoms with van der Waals surface area (Å²) in [5.74, 6) is 0.297. The number of carbonyl (C=O) groups excluding carboxylic acids is 1. The average molecular weight is 314 g/mol. The number of hydrogen-bond acceptors (Lipinski definition) is 5. The lowest BCUT2D eigenvalue weighted by Gasteiger charge is -2.29. The van der Waals surface area contributed by atoms with Crippen LogP contribution >= 0.6 is 0 Å². The Kier molecular flexibility index (Phi) is 4.81. The number of sulfonamides is 1. The fraction of sp³-hybridized carbons (Fsp3) is 0.462. The van der Waals surface area contributed by atoms with Crippen molar-refractivity contribution in [2.24, 2.45) is 5.14 Å². The van der Waals surface area contributed by atoms with Crippen LogP contribution in [0.5, 0.6) is 5.75 Å². The second kappa shape index (κ2) is 6.42. The molecule has 1 saturated heterocycles. The molecule has 0 spiro atoms. The third-order valence-electron chi connectivity index (χ3n) is 3.14. The Morgan fingerprint density at radius 1 is 1.29 bits per heavy atom. The van der Waals surface area contributed by atoms with Gasteiger partial charge in [0.05, 0.1) is 18.1 Å². The predicted octanol–water partition coefficient (Wildman–Crippen LogP) is -0.0399. The quantitative estimate of drug-likeness (QED) is 0.841. The van der Waals surface area contributed by atoms with E-state index < -0.39 is 16.1 Å². The fourth-order valence-corrected chi connectivity index (χ4v) is 2.52. The van der Waals surface area contributed by atoms with E-state index in [1.807, 2.05) is 0 Å². The summed E-state index contributed by atoms with van der Waals surface area (Å²) >= 11 is 0. The van der Waals surface area contributed by atoms with Gasteiger partial charge in [-0.3, -0.25) is 4.79 Å². The Balaban J connectivity index is 1.98. The topological polar surface area (TPSA) is 98.9 Å². The molecular weight excluding hydrogens is 296 g/mol. The van der Waals surface area contributed by atoms with E-state index in [1.165, 1.54) is 24.3 Å². The van der Waals surface area contributed by atoms with Crippen molar-refractivity contribution in [3.8, 4) is 5.75 Å². The molecule has 0 bridgehead atoms. The summed E-state index contributed by atoms with van der Waals surface area (Å²) in [6.45, 7) is 3.82. The van der Waals surface area contributed by atoms with Gasteiger partial charge in [0.25, 0.3) is 5.91 Å². The number of rotatable bonds is 4. The number of morpholine rings is 1. The van der Waals surface area contributed by atoms with Crippen LogP contribution in [-0.4, -0.2) is 51.6 Å². The van der Waals surface area contributed by atoms with Crippen molar-refractivity contribution in [3.05, 3.63) is 24.3 Å². The Bertz CT molecular complexity index is 593. The lowest BCUT2D eigenvalue weighted by molar-refractivity contribution is -0.142. The van der Waals surface area contributed by atoms with Gasteiger partial charge in [0.1, 0.15) is 5.75 Å². The van der Waals surface area contributed by atoms with E-state index >= 15 is 0 Å². The molecule has 2 N–H and O–H groups in total. The highest BCUT2D eigenvalue weighted by Crippen LogP contribution is 2.17. The minimum Gasteiger partial charge on any atom is -0.481 e. The minimum absolute atomic E-state index is 0.00186. The third kappa shape index (κ3) is 4.16. The zero-order valence-corrected chi connectivity index (χ0v) is 12.5. The van der Waals surface area contributed by atoms with E-state index in [9.17, 15) is 13.2 Å². The molecule has 1 aromatic carbocycles. The van der Waals surface area contributed by atoms with Gasteiger partial charge in [-0.1, -0.05) is 0 Å². The lowest BCUT2D eigenvalue weighted by Crippen LogP contribution is -2.46. The van der Waals surface area contributed by atoms with Crippen LogP contribution in [-0.2, 0) is 19.6 Å². The number of ether oxygens (including phenoxy) is 2. The van der Waals surface area contributed by atoms with Crippen molar-refractivity contribution in [1.29, 1.82) is 0 Å². The van der Waals surface area contributed by atoms with E-state index in [0.29, 0.717) is 32.1 Å². The molecule has 0 aromatic heterocycles. The maximum atomic E-state index is 12.2. The normalized spacial score (nSPS) is 17.3. The molecule has 0 aliphatic carbocycles. The number of amides is 1. The zero-order valence-electron chi connectivity index (χ0n) is 11.7. The molecule has 7 nitrogen and oxygen atoms in total. The Labute approximate surface area is 123 Å². The first-order chi connectivity index (χ1) is 9.88. The van der Waals surface area contributed by atoms with Gasteiger partial charge in [-0.05, 0) is 31.2 Å². The molecule has 1 aromatic rings. The average Bonchev–Trinajstić information content (AvgIpc) is 2.47. The number of carbonyl (C=O) groups is 1. The molecule has 1 fully saturated rings. The summed E-state index contributed by atoms with van der Waals surface area (Å²) < 4.78 is 33.0. The van der Waals surface area contributed by atoms with Crippen LogP contribution < -0.4 is 9.88 Å². The van der Waals surface area contributed by atoms with E-state index in [1.54, 1.807) is 11.8 Å². The molecule has 0 radical (unpaired) electrons. The zero-order chi connectivity index (χ0) is 15.5. The van der Waals surface area contributed by atoms with Gasteiger partial charge in [0.15, 0.2) is 6.10 Å². The maximum Gasteiger partial charge on any atom is 0.263 e. The first-order valence-corrected chi connectivity index (χ1v) is 8.08. The molecule has 2 rings (SSSR count). The highest BCUT2D eigenvalue weighted by atomic mass is 32.2. The molecule has 0 saturated carbocycles. The number of benzene rings is 1. The van der Waals surface area contributed by atoms with Crippen LogP contribution in [0.25, 0.3) is 0 Å². The number of primary sulfonamides is 1. The van der Waals surface area contributed by atoms with E-state index in [2.05, 4.69) is 0 Å². The summed E-state index contributed by atoms with van der Waals surface area (Å²) in [6.07, 6.45) is -0.650. The molecular formula is C13H18N2O5S. The molecule has 1 unspecified atom stereocenters. The van der Waals surface area contributed by atoms with Gasteiger partial charge in [0.2, 0.25) is 10.0 Å².